The summed E-state index contributed by atoms with van der Waals surface area (Å²) in [5.41, 5.74) is 1.73. The average Bonchev–Trinajstić information content (AvgIpc) is 2.63. The zero-order chi connectivity index (χ0) is 20.7. The number of nitrogens with one attached hydrogen (secondary N) is 3. The van der Waals surface area contributed by atoms with E-state index in [9.17, 15) is 18.0 Å². The Labute approximate surface area is 169 Å². The highest BCUT2D eigenvalue weighted by Gasteiger charge is 2.15. The minimum atomic E-state index is -3.75. The molecule has 2 aromatic carbocycles. The third-order valence-corrected chi connectivity index (χ3v) is 5.56. The number of halogens is 1. The van der Waals surface area contributed by atoms with Crippen molar-refractivity contribution in [1.82, 2.24) is 10.0 Å². The number of carbonyl (C=O) groups excluding carboxylic acids is 2. The number of aryl methyl sites for hydroxylation is 1. The number of amides is 2. The van der Waals surface area contributed by atoms with Gasteiger partial charge < -0.3 is 10.6 Å². The number of rotatable bonds is 8. The van der Waals surface area contributed by atoms with Crippen LogP contribution in [0.4, 0.5) is 5.69 Å². The van der Waals surface area contributed by atoms with Gasteiger partial charge in [0, 0.05) is 35.8 Å². The Morgan fingerprint density at radius 2 is 1.86 bits per heavy atom. The van der Waals surface area contributed by atoms with Crippen molar-refractivity contribution in [2.45, 2.75) is 25.2 Å². The summed E-state index contributed by atoms with van der Waals surface area (Å²) >= 11 is 5.81. The predicted molar refractivity (Wildman–Crippen MR) is 109 cm³/mol. The molecular weight excluding hydrogens is 402 g/mol. The van der Waals surface area contributed by atoms with Crippen molar-refractivity contribution < 1.29 is 18.0 Å². The Morgan fingerprint density at radius 1 is 1.11 bits per heavy atom. The summed E-state index contributed by atoms with van der Waals surface area (Å²) in [5, 5.41) is 5.71. The topological polar surface area (TPSA) is 104 Å². The second kappa shape index (κ2) is 9.68. The minimum Gasteiger partial charge on any atom is -0.352 e. The number of benzene rings is 2. The first-order valence-corrected chi connectivity index (χ1v) is 10.5. The van der Waals surface area contributed by atoms with E-state index < -0.39 is 10.0 Å². The number of carbonyl (C=O) groups is 2. The highest BCUT2D eigenvalue weighted by Crippen LogP contribution is 2.18. The fourth-order valence-corrected chi connectivity index (χ4v) is 3.72. The van der Waals surface area contributed by atoms with Gasteiger partial charge in [-0.05, 0) is 49.7 Å². The van der Waals surface area contributed by atoms with Crippen LogP contribution in [0.5, 0.6) is 0 Å². The van der Waals surface area contributed by atoms with Gasteiger partial charge in [0.2, 0.25) is 15.9 Å². The van der Waals surface area contributed by atoms with Crippen molar-refractivity contribution in [3.63, 3.8) is 0 Å². The molecular formula is C19H22ClN3O4S. The van der Waals surface area contributed by atoms with Gasteiger partial charge in [0.05, 0.1) is 4.90 Å². The summed E-state index contributed by atoms with van der Waals surface area (Å²) < 4.78 is 26.8. The molecule has 0 atom stereocenters. The van der Waals surface area contributed by atoms with Gasteiger partial charge in [0.25, 0.3) is 5.91 Å². The van der Waals surface area contributed by atoms with Crippen molar-refractivity contribution in [3.05, 3.63) is 58.6 Å². The molecule has 7 nitrogen and oxygen atoms in total. The maximum absolute atomic E-state index is 12.2. The van der Waals surface area contributed by atoms with Crippen LogP contribution in [0.15, 0.2) is 47.4 Å². The standard InChI is InChI=1S/C19H22ClN3O4S/c1-3-21-19(25)14-8-7-13(2)17(11-14)23-18(24)9-10-22-28(26,27)16-6-4-5-15(20)12-16/h4-8,11-12,22H,3,9-10H2,1-2H3,(H,21,25)(H,23,24). The second-order valence-electron chi connectivity index (χ2n) is 6.04. The molecule has 0 aliphatic rings. The maximum Gasteiger partial charge on any atom is 0.251 e. The van der Waals surface area contributed by atoms with Gasteiger partial charge in [0.15, 0.2) is 0 Å². The van der Waals surface area contributed by atoms with Crippen LogP contribution in [0, 0.1) is 6.92 Å². The van der Waals surface area contributed by atoms with Crippen LogP contribution in [0.2, 0.25) is 5.02 Å². The lowest BCUT2D eigenvalue weighted by Crippen LogP contribution is -2.28. The molecule has 150 valence electrons. The Kier molecular flexibility index (Phi) is 7.56. The highest BCUT2D eigenvalue weighted by atomic mass is 35.5. The van der Waals surface area contributed by atoms with Crippen molar-refractivity contribution in [2.75, 3.05) is 18.4 Å². The molecule has 0 fully saturated rings. The van der Waals surface area contributed by atoms with Crippen LogP contribution < -0.4 is 15.4 Å². The van der Waals surface area contributed by atoms with E-state index in [1.807, 2.05) is 6.92 Å². The van der Waals surface area contributed by atoms with Crippen molar-refractivity contribution in [1.29, 1.82) is 0 Å². The molecule has 3 N–H and O–H groups in total. The Balaban J connectivity index is 1.96. The molecule has 0 heterocycles. The van der Waals surface area contributed by atoms with Gasteiger partial charge in [0.1, 0.15) is 0 Å². The Morgan fingerprint density at radius 3 is 2.54 bits per heavy atom. The van der Waals surface area contributed by atoms with Gasteiger partial charge >= 0.3 is 0 Å². The molecule has 2 amide bonds. The SMILES string of the molecule is CCNC(=O)c1ccc(C)c(NC(=O)CCNS(=O)(=O)c2cccc(Cl)c2)c1. The summed E-state index contributed by atoms with van der Waals surface area (Å²) in [4.78, 5) is 24.1. The van der Waals surface area contributed by atoms with Gasteiger partial charge in [-0.1, -0.05) is 23.7 Å². The second-order valence-corrected chi connectivity index (χ2v) is 8.25. The van der Waals surface area contributed by atoms with Crippen molar-refractivity contribution in [3.8, 4) is 0 Å². The first-order valence-electron chi connectivity index (χ1n) is 8.67. The lowest BCUT2D eigenvalue weighted by atomic mass is 10.1. The average molecular weight is 424 g/mol. The molecule has 0 aliphatic carbocycles. The van der Waals surface area contributed by atoms with Crippen LogP contribution in [0.1, 0.15) is 29.3 Å². The molecule has 0 bridgehead atoms. The highest BCUT2D eigenvalue weighted by molar-refractivity contribution is 7.89. The van der Waals surface area contributed by atoms with Crippen LogP contribution in [0.25, 0.3) is 0 Å². The zero-order valence-electron chi connectivity index (χ0n) is 15.6. The van der Waals surface area contributed by atoms with Gasteiger partial charge in [-0.15, -0.1) is 0 Å². The van der Waals surface area contributed by atoms with Crippen LogP contribution in [-0.2, 0) is 14.8 Å². The Hall–Kier alpha value is -2.42. The summed E-state index contributed by atoms with van der Waals surface area (Å²) in [7, 11) is -3.75. The number of hydrogen-bond acceptors (Lipinski definition) is 4. The molecule has 0 radical (unpaired) electrons. The lowest BCUT2D eigenvalue weighted by Gasteiger charge is -2.11. The van der Waals surface area contributed by atoms with E-state index in [4.69, 9.17) is 11.6 Å². The fourth-order valence-electron chi connectivity index (χ4n) is 2.39. The van der Waals surface area contributed by atoms with Crippen molar-refractivity contribution in [2.24, 2.45) is 0 Å². The third kappa shape index (κ3) is 6.05. The number of hydrogen-bond donors (Lipinski definition) is 3. The van der Waals surface area contributed by atoms with E-state index in [1.54, 1.807) is 31.2 Å². The Bertz CT molecular complexity index is 977. The summed E-state index contributed by atoms with van der Waals surface area (Å²) in [6, 6.07) is 10.9. The number of sulfonamides is 1. The van der Waals surface area contributed by atoms with E-state index >= 15 is 0 Å². The monoisotopic (exact) mass is 423 g/mol. The molecule has 9 heteroatoms. The molecule has 28 heavy (non-hydrogen) atoms. The summed E-state index contributed by atoms with van der Waals surface area (Å²) in [6.45, 7) is 4.05. The summed E-state index contributed by atoms with van der Waals surface area (Å²) in [6.07, 6.45) is -0.0649. The quantitative estimate of drug-likeness (QED) is 0.607. The number of anilines is 1. The maximum atomic E-state index is 12.2. The molecule has 0 aromatic heterocycles. The van der Waals surface area contributed by atoms with Gasteiger partial charge in [-0.25, -0.2) is 13.1 Å². The van der Waals surface area contributed by atoms with Crippen molar-refractivity contribution >= 4 is 39.1 Å². The molecule has 0 saturated carbocycles. The van der Waals surface area contributed by atoms with Crippen LogP contribution in [0.3, 0.4) is 0 Å². The molecule has 0 aliphatic heterocycles. The molecule has 0 spiro atoms. The van der Waals surface area contributed by atoms with Gasteiger partial charge in [-0.2, -0.15) is 0 Å². The molecule has 0 saturated heterocycles. The van der Waals surface area contributed by atoms with E-state index in [1.165, 1.54) is 18.2 Å². The third-order valence-electron chi connectivity index (χ3n) is 3.86. The first-order chi connectivity index (χ1) is 13.2. The minimum absolute atomic E-state index is 0.0332. The van der Waals surface area contributed by atoms with E-state index in [-0.39, 0.29) is 29.7 Å². The van der Waals surface area contributed by atoms with Crippen LogP contribution in [-0.4, -0.2) is 33.3 Å². The van der Waals surface area contributed by atoms with Gasteiger partial charge in [-0.3, -0.25) is 9.59 Å². The van der Waals surface area contributed by atoms with E-state index in [2.05, 4.69) is 15.4 Å². The van der Waals surface area contributed by atoms with E-state index in [0.29, 0.717) is 22.8 Å². The molecule has 2 aromatic rings. The first kappa shape index (κ1) is 21.9. The summed E-state index contributed by atoms with van der Waals surface area (Å²) in [5.74, 6) is -0.600. The normalized spacial score (nSPS) is 11.1. The predicted octanol–water partition coefficient (Wildman–Crippen LogP) is 2.71. The van der Waals surface area contributed by atoms with Crippen LogP contribution >= 0.6 is 11.6 Å². The van der Waals surface area contributed by atoms with E-state index in [0.717, 1.165) is 5.56 Å². The largest absolute Gasteiger partial charge is 0.352 e. The fraction of sp³-hybridized carbons (Fsp3) is 0.263. The lowest BCUT2D eigenvalue weighted by molar-refractivity contribution is -0.116. The smallest absolute Gasteiger partial charge is 0.251 e. The zero-order valence-corrected chi connectivity index (χ0v) is 17.2. The molecule has 0 unspecified atom stereocenters. The molecule has 2 rings (SSSR count).